The number of fused-ring (bicyclic) bond motifs is 1. The summed E-state index contributed by atoms with van der Waals surface area (Å²) in [5.74, 6) is 0. The fourth-order valence-corrected chi connectivity index (χ4v) is 3.92. The topological polar surface area (TPSA) is 98.4 Å². The van der Waals surface area contributed by atoms with Crippen molar-refractivity contribution < 1.29 is 4.42 Å². The monoisotopic (exact) mass is 505 g/mol. The van der Waals surface area contributed by atoms with Crippen LogP contribution in [0, 0.1) is 6.92 Å². The minimum atomic E-state index is -0.523. The quantitative estimate of drug-likeness (QED) is 0.142. The van der Waals surface area contributed by atoms with Gasteiger partial charge in [-0.15, -0.1) is 0 Å². The molecular formula is C29H23N5O2S. The summed E-state index contributed by atoms with van der Waals surface area (Å²) in [5, 5.41) is 9.88. The molecule has 8 heteroatoms. The Bertz CT molecular complexity index is 1700. The first-order chi connectivity index (χ1) is 18.0. The maximum atomic E-state index is 12.9. The maximum absolute atomic E-state index is 12.9. The highest BCUT2D eigenvalue weighted by Crippen LogP contribution is 2.25. The van der Waals surface area contributed by atoms with Crippen molar-refractivity contribution >= 4 is 40.1 Å². The molecule has 0 fully saturated rings. The number of rotatable bonds is 6. The number of allylic oxidation sites excluding steroid dienone is 1. The summed E-state index contributed by atoms with van der Waals surface area (Å²) in [4.78, 5) is 12.9. The van der Waals surface area contributed by atoms with Crippen LogP contribution in [0.4, 0.5) is 0 Å². The van der Waals surface area contributed by atoms with Crippen LogP contribution in [0.5, 0.6) is 0 Å². The number of para-hydroxylation sites is 2. The minimum absolute atomic E-state index is 0.0201. The number of benzene rings is 3. The van der Waals surface area contributed by atoms with Gasteiger partial charge in [0.15, 0.2) is 5.11 Å². The third kappa shape index (κ3) is 5.39. The van der Waals surface area contributed by atoms with E-state index < -0.39 is 5.63 Å². The largest absolute Gasteiger partial charge is 0.422 e. The number of aryl methyl sites for hydroxylation is 1. The number of hydrazone groups is 1. The Morgan fingerprint density at radius 2 is 1.78 bits per heavy atom. The van der Waals surface area contributed by atoms with Gasteiger partial charge in [0, 0.05) is 22.7 Å². The molecule has 0 aliphatic rings. The van der Waals surface area contributed by atoms with Gasteiger partial charge in [-0.25, -0.2) is 9.48 Å². The summed E-state index contributed by atoms with van der Waals surface area (Å²) >= 11 is 4.92. The third-order valence-corrected chi connectivity index (χ3v) is 5.80. The van der Waals surface area contributed by atoms with Gasteiger partial charge in [0.25, 0.3) is 0 Å². The summed E-state index contributed by atoms with van der Waals surface area (Å²) in [6.07, 6.45) is 5.51. The molecule has 0 radical (unpaired) electrons. The Kier molecular flexibility index (Phi) is 6.74. The Balaban J connectivity index is 1.62. The molecule has 0 amide bonds. The third-order valence-electron chi connectivity index (χ3n) is 5.71. The van der Waals surface area contributed by atoms with Gasteiger partial charge in [0.2, 0.25) is 0 Å². The number of hydrogen-bond acceptors (Lipinski definition) is 5. The first-order valence-corrected chi connectivity index (χ1v) is 12.0. The van der Waals surface area contributed by atoms with Crippen molar-refractivity contribution in [3.63, 3.8) is 0 Å². The molecule has 0 unspecified atom stereocenters. The van der Waals surface area contributed by atoms with Crippen molar-refractivity contribution in [3.8, 4) is 16.9 Å². The molecule has 0 saturated heterocycles. The SMILES string of the molecule is Cc1ccc(-c2nn(-c3ccccc3)cc2/C=C/C(=N/NC(N)=S)c2cc3ccccc3oc2=O)cc1. The van der Waals surface area contributed by atoms with Crippen molar-refractivity contribution in [2.24, 2.45) is 10.8 Å². The number of nitrogens with one attached hydrogen (secondary N) is 1. The second-order valence-corrected chi connectivity index (χ2v) is 8.81. The summed E-state index contributed by atoms with van der Waals surface area (Å²) in [7, 11) is 0. The lowest BCUT2D eigenvalue weighted by Gasteiger charge is -2.04. The zero-order chi connectivity index (χ0) is 25.8. The van der Waals surface area contributed by atoms with E-state index in [9.17, 15) is 4.79 Å². The van der Waals surface area contributed by atoms with E-state index in [-0.39, 0.29) is 10.7 Å². The molecule has 7 nitrogen and oxygen atoms in total. The van der Waals surface area contributed by atoms with Gasteiger partial charge in [-0.3, -0.25) is 5.43 Å². The van der Waals surface area contributed by atoms with Gasteiger partial charge < -0.3 is 10.2 Å². The van der Waals surface area contributed by atoms with Crippen LogP contribution in [0.1, 0.15) is 16.7 Å². The second kappa shape index (κ2) is 10.4. The van der Waals surface area contributed by atoms with Crippen molar-refractivity contribution in [1.82, 2.24) is 15.2 Å². The Hall–Kier alpha value is -4.82. The van der Waals surface area contributed by atoms with Gasteiger partial charge in [0.1, 0.15) is 5.58 Å². The summed E-state index contributed by atoms with van der Waals surface area (Å²) < 4.78 is 7.34. The smallest absolute Gasteiger partial charge is 0.345 e. The van der Waals surface area contributed by atoms with Gasteiger partial charge in [-0.1, -0.05) is 66.2 Å². The summed E-state index contributed by atoms with van der Waals surface area (Å²) in [6.45, 7) is 2.04. The van der Waals surface area contributed by atoms with Crippen LogP contribution >= 0.6 is 12.2 Å². The highest BCUT2D eigenvalue weighted by atomic mass is 32.1. The van der Waals surface area contributed by atoms with Crippen LogP contribution in [0.25, 0.3) is 34.0 Å². The lowest BCUT2D eigenvalue weighted by atomic mass is 10.0. The first-order valence-electron chi connectivity index (χ1n) is 11.5. The van der Waals surface area contributed by atoms with Crippen molar-refractivity contribution in [3.05, 3.63) is 124 Å². The van der Waals surface area contributed by atoms with Crippen LogP contribution in [0.2, 0.25) is 0 Å². The molecule has 0 bridgehead atoms. The van der Waals surface area contributed by atoms with E-state index in [1.165, 1.54) is 0 Å². The van der Waals surface area contributed by atoms with Gasteiger partial charge >= 0.3 is 5.63 Å². The molecule has 5 aromatic rings. The minimum Gasteiger partial charge on any atom is -0.422 e. The average molecular weight is 506 g/mol. The van der Waals surface area contributed by atoms with Gasteiger partial charge in [0.05, 0.1) is 22.7 Å². The summed E-state index contributed by atoms with van der Waals surface area (Å²) in [6, 6.07) is 27.0. The number of thiocarbonyl (C=S) groups is 1. The lowest BCUT2D eigenvalue weighted by molar-refractivity contribution is 0.559. The van der Waals surface area contributed by atoms with E-state index in [2.05, 4.69) is 10.5 Å². The predicted molar refractivity (Wildman–Crippen MR) is 152 cm³/mol. The van der Waals surface area contributed by atoms with Crippen molar-refractivity contribution in [2.45, 2.75) is 6.92 Å². The van der Waals surface area contributed by atoms with Crippen molar-refractivity contribution in [2.75, 3.05) is 0 Å². The molecule has 0 aliphatic heterocycles. The van der Waals surface area contributed by atoms with Crippen molar-refractivity contribution in [1.29, 1.82) is 0 Å². The molecule has 3 N–H and O–H groups in total. The molecule has 5 rings (SSSR count). The fourth-order valence-electron chi connectivity index (χ4n) is 3.87. The molecular weight excluding hydrogens is 482 g/mol. The fraction of sp³-hybridized carbons (Fsp3) is 0.0345. The van der Waals surface area contributed by atoms with Crippen LogP contribution in [-0.2, 0) is 0 Å². The molecule has 182 valence electrons. The molecule has 3 aromatic carbocycles. The zero-order valence-corrected chi connectivity index (χ0v) is 20.8. The average Bonchev–Trinajstić information content (AvgIpc) is 3.33. The lowest BCUT2D eigenvalue weighted by Crippen LogP contribution is -2.26. The normalized spacial score (nSPS) is 11.8. The molecule has 0 atom stereocenters. The van der Waals surface area contributed by atoms with Crippen LogP contribution in [0.3, 0.4) is 0 Å². The number of nitrogens with zero attached hydrogens (tertiary/aromatic N) is 3. The molecule has 2 aromatic heterocycles. The number of hydrogen-bond donors (Lipinski definition) is 2. The highest BCUT2D eigenvalue weighted by molar-refractivity contribution is 7.80. The maximum Gasteiger partial charge on any atom is 0.345 e. The van der Waals surface area contributed by atoms with E-state index in [0.29, 0.717) is 11.3 Å². The molecule has 2 heterocycles. The van der Waals surface area contributed by atoms with E-state index in [1.54, 1.807) is 18.2 Å². The van der Waals surface area contributed by atoms with Gasteiger partial charge in [-0.2, -0.15) is 10.2 Å². The molecule has 0 spiro atoms. The first kappa shape index (κ1) is 23.9. The number of nitrogens with two attached hydrogens (primary N) is 1. The predicted octanol–water partition coefficient (Wildman–Crippen LogP) is 5.20. The standard InChI is InChI=1S/C29H23N5O2S/c1-19-11-13-20(14-12-19)27-22(18-34(33-27)23-8-3-2-4-9-23)15-16-25(31-32-29(30)37)24-17-21-7-5-6-10-26(21)36-28(24)35/h2-18H,1H3,(H3,30,32,37)/b16-15+,31-25-. The summed E-state index contributed by atoms with van der Waals surface area (Å²) in [5.41, 5.74) is 13.4. The van der Waals surface area contributed by atoms with E-state index in [0.717, 1.165) is 33.5 Å². The Morgan fingerprint density at radius 1 is 1.05 bits per heavy atom. The van der Waals surface area contributed by atoms with E-state index in [1.807, 2.05) is 96.7 Å². The molecule has 0 aliphatic carbocycles. The zero-order valence-electron chi connectivity index (χ0n) is 20.0. The number of aromatic nitrogens is 2. The van der Waals surface area contributed by atoms with Gasteiger partial charge in [-0.05, 0) is 55.6 Å². The molecule has 0 saturated carbocycles. The van der Waals surface area contributed by atoms with Crippen LogP contribution in [-0.4, -0.2) is 20.6 Å². The second-order valence-electron chi connectivity index (χ2n) is 8.37. The van der Waals surface area contributed by atoms with E-state index in [4.69, 9.17) is 27.5 Å². The van der Waals surface area contributed by atoms with Crippen LogP contribution < -0.4 is 16.8 Å². The Labute approximate surface area is 218 Å². The van der Waals surface area contributed by atoms with E-state index >= 15 is 0 Å². The highest BCUT2D eigenvalue weighted by Gasteiger charge is 2.13. The molecule has 37 heavy (non-hydrogen) atoms. The van der Waals surface area contributed by atoms with Crippen LogP contribution in [0.15, 0.2) is 112 Å². The Morgan fingerprint density at radius 3 is 2.54 bits per heavy atom.